The van der Waals surface area contributed by atoms with Gasteiger partial charge in [0.1, 0.15) is 5.82 Å². The average Bonchev–Trinajstić information content (AvgIpc) is 2.63. The summed E-state index contributed by atoms with van der Waals surface area (Å²) >= 11 is 6.05. The number of hydrogen-bond acceptors (Lipinski definition) is 3. The largest absolute Gasteiger partial charge is 0.353 e. The molecule has 132 valence electrons. The normalized spacial score (nSPS) is 10.5. The summed E-state index contributed by atoms with van der Waals surface area (Å²) in [6.07, 6.45) is 1.43. The van der Waals surface area contributed by atoms with Gasteiger partial charge in [-0.15, -0.1) is 0 Å². The van der Waals surface area contributed by atoms with E-state index in [1.807, 2.05) is 6.07 Å². The fourth-order valence-corrected chi connectivity index (χ4v) is 2.33. The number of benzene rings is 2. The molecule has 3 aromatic rings. The Morgan fingerprint density at radius 2 is 1.73 bits per heavy atom. The molecule has 0 aliphatic heterocycles. The van der Waals surface area contributed by atoms with Crippen molar-refractivity contribution in [3.63, 3.8) is 0 Å². The lowest BCUT2D eigenvalue weighted by Crippen LogP contribution is -2.16. The van der Waals surface area contributed by atoms with E-state index in [1.54, 1.807) is 24.3 Å². The number of amides is 1. The van der Waals surface area contributed by atoms with Crippen molar-refractivity contribution in [1.29, 1.82) is 0 Å². The van der Waals surface area contributed by atoms with E-state index in [0.29, 0.717) is 22.5 Å². The Bertz CT molecular complexity index is 964. The zero-order valence-corrected chi connectivity index (χ0v) is 13.8. The third kappa shape index (κ3) is 3.78. The lowest BCUT2D eigenvalue weighted by molar-refractivity contribution is 0.102. The summed E-state index contributed by atoms with van der Waals surface area (Å²) in [6, 6.07) is 11.7. The van der Waals surface area contributed by atoms with Gasteiger partial charge in [0.05, 0.1) is 28.2 Å². The van der Waals surface area contributed by atoms with E-state index in [1.165, 1.54) is 12.3 Å². The van der Waals surface area contributed by atoms with Gasteiger partial charge in [-0.3, -0.25) is 4.79 Å². The van der Waals surface area contributed by atoms with Crippen molar-refractivity contribution in [2.45, 2.75) is 0 Å². The van der Waals surface area contributed by atoms with Gasteiger partial charge in [-0.2, -0.15) is 0 Å². The molecule has 0 fully saturated rings. The van der Waals surface area contributed by atoms with E-state index in [4.69, 9.17) is 11.6 Å². The van der Waals surface area contributed by atoms with Crippen molar-refractivity contribution in [3.05, 3.63) is 82.8 Å². The first kappa shape index (κ1) is 17.8. The molecule has 0 bridgehead atoms. The predicted octanol–water partition coefficient (Wildman–Crippen LogP) is 5.15. The molecular weight excluding hydrogens is 367 g/mol. The molecule has 1 amide bonds. The lowest BCUT2D eigenvalue weighted by Gasteiger charge is -2.09. The Balaban J connectivity index is 1.72. The number of carbonyl (C=O) groups excluding carboxylic acids is 1. The van der Waals surface area contributed by atoms with Crippen LogP contribution >= 0.6 is 11.6 Å². The average molecular weight is 378 g/mol. The zero-order chi connectivity index (χ0) is 18.7. The van der Waals surface area contributed by atoms with Gasteiger partial charge in [0.2, 0.25) is 0 Å². The molecule has 4 nitrogen and oxygen atoms in total. The summed E-state index contributed by atoms with van der Waals surface area (Å²) in [5.74, 6) is -5.46. The van der Waals surface area contributed by atoms with Crippen molar-refractivity contribution in [1.82, 2.24) is 4.98 Å². The number of halogens is 4. The molecule has 0 spiro atoms. The van der Waals surface area contributed by atoms with Crippen LogP contribution in [0.5, 0.6) is 0 Å². The first-order valence-corrected chi connectivity index (χ1v) is 7.76. The highest BCUT2D eigenvalue weighted by Gasteiger charge is 2.19. The van der Waals surface area contributed by atoms with Gasteiger partial charge >= 0.3 is 0 Å². The second-order valence-corrected chi connectivity index (χ2v) is 5.62. The number of hydrogen-bond donors (Lipinski definition) is 2. The van der Waals surface area contributed by atoms with Crippen LogP contribution in [-0.4, -0.2) is 10.9 Å². The van der Waals surface area contributed by atoms with E-state index in [-0.39, 0.29) is 5.82 Å². The molecule has 0 radical (unpaired) electrons. The molecule has 2 N–H and O–H groups in total. The first-order valence-electron chi connectivity index (χ1n) is 7.38. The van der Waals surface area contributed by atoms with Gasteiger partial charge in [0.15, 0.2) is 17.5 Å². The number of nitrogens with one attached hydrogen (secondary N) is 2. The molecule has 0 aliphatic carbocycles. The van der Waals surface area contributed by atoms with Crippen LogP contribution in [0.25, 0.3) is 0 Å². The number of nitrogens with zero attached hydrogens (tertiary/aromatic N) is 1. The van der Waals surface area contributed by atoms with Crippen molar-refractivity contribution in [2.24, 2.45) is 0 Å². The zero-order valence-electron chi connectivity index (χ0n) is 13.1. The molecule has 0 unspecified atom stereocenters. The Morgan fingerprint density at radius 3 is 2.42 bits per heavy atom. The van der Waals surface area contributed by atoms with E-state index in [2.05, 4.69) is 15.6 Å². The van der Waals surface area contributed by atoms with Gasteiger partial charge in [-0.05, 0) is 36.4 Å². The van der Waals surface area contributed by atoms with Gasteiger partial charge in [-0.25, -0.2) is 18.2 Å². The SMILES string of the molecule is O=C(Nc1ccc(Nc2ccccc2Cl)cn1)c1ccc(F)c(F)c1F. The third-order valence-electron chi connectivity index (χ3n) is 3.44. The summed E-state index contributed by atoms with van der Waals surface area (Å²) in [7, 11) is 0. The lowest BCUT2D eigenvalue weighted by atomic mass is 10.2. The van der Waals surface area contributed by atoms with Gasteiger partial charge in [0.25, 0.3) is 5.91 Å². The highest BCUT2D eigenvalue weighted by molar-refractivity contribution is 6.33. The number of para-hydroxylation sites is 1. The Hall–Kier alpha value is -3.06. The van der Waals surface area contributed by atoms with E-state index in [0.717, 1.165) is 6.07 Å². The van der Waals surface area contributed by atoms with Crippen LogP contribution in [0.15, 0.2) is 54.7 Å². The molecular formula is C18H11ClF3N3O. The van der Waals surface area contributed by atoms with Crippen LogP contribution in [0, 0.1) is 17.5 Å². The van der Waals surface area contributed by atoms with Gasteiger partial charge in [-0.1, -0.05) is 23.7 Å². The van der Waals surface area contributed by atoms with Crippen molar-refractivity contribution in [3.8, 4) is 0 Å². The second kappa shape index (κ2) is 7.45. The fourth-order valence-electron chi connectivity index (χ4n) is 2.14. The topological polar surface area (TPSA) is 54.0 Å². The summed E-state index contributed by atoms with van der Waals surface area (Å²) in [6.45, 7) is 0. The Morgan fingerprint density at radius 1 is 0.962 bits per heavy atom. The first-order chi connectivity index (χ1) is 12.5. The Kier molecular flexibility index (Phi) is 5.09. The summed E-state index contributed by atoms with van der Waals surface area (Å²) in [5.41, 5.74) is 0.663. The third-order valence-corrected chi connectivity index (χ3v) is 3.77. The van der Waals surface area contributed by atoms with Crippen LogP contribution in [0.4, 0.5) is 30.4 Å². The van der Waals surface area contributed by atoms with Crippen molar-refractivity contribution < 1.29 is 18.0 Å². The van der Waals surface area contributed by atoms with Crippen LogP contribution in [0.3, 0.4) is 0 Å². The molecule has 0 atom stereocenters. The highest BCUT2D eigenvalue weighted by atomic mass is 35.5. The van der Waals surface area contributed by atoms with E-state index in [9.17, 15) is 18.0 Å². The molecule has 0 aliphatic rings. The molecule has 26 heavy (non-hydrogen) atoms. The van der Waals surface area contributed by atoms with Gasteiger partial charge in [0, 0.05) is 0 Å². The molecule has 8 heteroatoms. The number of aromatic nitrogens is 1. The fraction of sp³-hybridized carbons (Fsp3) is 0. The second-order valence-electron chi connectivity index (χ2n) is 5.21. The molecule has 1 heterocycles. The predicted molar refractivity (Wildman–Crippen MR) is 93.2 cm³/mol. The minimum absolute atomic E-state index is 0.115. The quantitative estimate of drug-likeness (QED) is 0.618. The highest BCUT2D eigenvalue weighted by Crippen LogP contribution is 2.25. The van der Waals surface area contributed by atoms with Gasteiger partial charge < -0.3 is 10.6 Å². The number of pyridine rings is 1. The monoisotopic (exact) mass is 377 g/mol. The molecule has 0 saturated heterocycles. The maximum absolute atomic E-state index is 13.6. The van der Waals surface area contributed by atoms with E-state index >= 15 is 0 Å². The number of carbonyl (C=O) groups is 1. The summed E-state index contributed by atoms with van der Waals surface area (Å²) in [4.78, 5) is 16.0. The van der Waals surface area contributed by atoms with Crippen LogP contribution in [0.2, 0.25) is 5.02 Å². The summed E-state index contributed by atoms with van der Waals surface area (Å²) < 4.78 is 39.8. The standard InChI is InChI=1S/C18H11ClF3N3O/c19-12-3-1-2-4-14(12)24-10-5-8-15(23-9-10)25-18(26)11-6-7-13(20)17(22)16(11)21/h1-9,24H,(H,23,25,26). The molecule has 1 aromatic heterocycles. The smallest absolute Gasteiger partial charge is 0.259 e. The number of rotatable bonds is 4. The maximum Gasteiger partial charge on any atom is 0.259 e. The van der Waals surface area contributed by atoms with Crippen LogP contribution in [-0.2, 0) is 0 Å². The van der Waals surface area contributed by atoms with Crippen molar-refractivity contribution >= 4 is 34.7 Å². The summed E-state index contributed by atoms with van der Waals surface area (Å²) in [5, 5.41) is 5.89. The molecule has 0 saturated carbocycles. The maximum atomic E-state index is 13.6. The number of anilines is 3. The molecule has 2 aromatic carbocycles. The van der Waals surface area contributed by atoms with Crippen LogP contribution < -0.4 is 10.6 Å². The van der Waals surface area contributed by atoms with Crippen LogP contribution in [0.1, 0.15) is 10.4 Å². The van der Waals surface area contributed by atoms with Crippen molar-refractivity contribution in [2.75, 3.05) is 10.6 Å². The van der Waals surface area contributed by atoms with E-state index < -0.39 is 28.9 Å². The molecule has 3 rings (SSSR count). The minimum atomic E-state index is -1.70. The Labute approximate surface area is 151 Å². The minimum Gasteiger partial charge on any atom is -0.353 e.